The van der Waals surface area contributed by atoms with Crippen molar-refractivity contribution in [1.82, 2.24) is 10.2 Å². The van der Waals surface area contributed by atoms with Crippen molar-refractivity contribution in [3.05, 3.63) is 71.8 Å². The van der Waals surface area contributed by atoms with Gasteiger partial charge in [-0.15, -0.1) is 0 Å². The summed E-state index contributed by atoms with van der Waals surface area (Å²) in [5, 5.41) is 2.99. The van der Waals surface area contributed by atoms with Crippen LogP contribution in [0.25, 0.3) is 0 Å². The topological polar surface area (TPSA) is 49.4 Å². The molecule has 0 spiro atoms. The number of rotatable bonds is 4. The van der Waals surface area contributed by atoms with Gasteiger partial charge in [0.2, 0.25) is 11.8 Å². The molecule has 0 radical (unpaired) electrons. The summed E-state index contributed by atoms with van der Waals surface area (Å²) in [5.74, 6) is -0.275. The summed E-state index contributed by atoms with van der Waals surface area (Å²) in [6.07, 6.45) is 0.305. The van der Waals surface area contributed by atoms with Gasteiger partial charge in [0.1, 0.15) is 0 Å². The van der Waals surface area contributed by atoms with E-state index < -0.39 is 0 Å². The number of amides is 2. The molecule has 4 heteroatoms. The summed E-state index contributed by atoms with van der Waals surface area (Å²) in [4.78, 5) is 26.0. The molecule has 2 amide bonds. The molecule has 0 unspecified atom stereocenters. The van der Waals surface area contributed by atoms with Crippen LogP contribution in [-0.4, -0.2) is 36.3 Å². The monoisotopic (exact) mass is 308 g/mol. The third-order valence-electron chi connectivity index (χ3n) is 4.17. The molecular formula is C19H20N2O2. The Hall–Kier alpha value is -2.46. The van der Waals surface area contributed by atoms with E-state index >= 15 is 0 Å². The van der Waals surface area contributed by atoms with Gasteiger partial charge >= 0.3 is 0 Å². The maximum atomic E-state index is 12.6. The maximum absolute atomic E-state index is 12.6. The Balaban J connectivity index is 1.84. The highest BCUT2D eigenvalue weighted by Gasteiger charge is 2.27. The zero-order valence-electron chi connectivity index (χ0n) is 12.9. The Morgan fingerprint density at radius 1 is 1.00 bits per heavy atom. The zero-order valence-corrected chi connectivity index (χ0v) is 12.9. The van der Waals surface area contributed by atoms with Crippen LogP contribution in [0.15, 0.2) is 60.7 Å². The molecule has 0 aliphatic carbocycles. The SMILES string of the molecule is O=C1CNCCN1C(=O)CC(c1ccccc1)c1ccccc1. The van der Waals surface area contributed by atoms with Crippen LogP contribution < -0.4 is 5.32 Å². The van der Waals surface area contributed by atoms with Crippen LogP contribution in [0.4, 0.5) is 0 Å². The van der Waals surface area contributed by atoms with Crippen molar-refractivity contribution in [3.63, 3.8) is 0 Å². The van der Waals surface area contributed by atoms with Gasteiger partial charge in [-0.1, -0.05) is 60.7 Å². The molecule has 0 aromatic heterocycles. The van der Waals surface area contributed by atoms with Crippen LogP contribution in [0.1, 0.15) is 23.5 Å². The minimum atomic E-state index is -0.138. The number of benzene rings is 2. The van der Waals surface area contributed by atoms with Crippen molar-refractivity contribution in [2.45, 2.75) is 12.3 Å². The van der Waals surface area contributed by atoms with Crippen LogP contribution in [0.5, 0.6) is 0 Å². The first-order chi connectivity index (χ1) is 11.3. The minimum Gasteiger partial charge on any atom is -0.307 e. The molecule has 118 valence electrons. The predicted molar refractivity (Wildman–Crippen MR) is 88.9 cm³/mol. The molecule has 23 heavy (non-hydrogen) atoms. The van der Waals surface area contributed by atoms with Gasteiger partial charge in [-0.05, 0) is 11.1 Å². The summed E-state index contributed by atoms with van der Waals surface area (Å²) in [7, 11) is 0. The third kappa shape index (κ3) is 3.66. The second-order valence-corrected chi connectivity index (χ2v) is 5.69. The molecule has 2 aromatic carbocycles. The van der Waals surface area contributed by atoms with Crippen LogP contribution in [0, 0.1) is 0 Å². The van der Waals surface area contributed by atoms with Crippen LogP contribution in [-0.2, 0) is 9.59 Å². The molecule has 1 saturated heterocycles. The van der Waals surface area contributed by atoms with Crippen LogP contribution >= 0.6 is 0 Å². The first kappa shape index (κ1) is 15.4. The van der Waals surface area contributed by atoms with Gasteiger partial charge in [-0.3, -0.25) is 14.5 Å². The van der Waals surface area contributed by atoms with E-state index in [4.69, 9.17) is 0 Å². The lowest BCUT2D eigenvalue weighted by atomic mass is 9.88. The third-order valence-corrected chi connectivity index (χ3v) is 4.17. The molecular weight excluding hydrogens is 288 g/mol. The fourth-order valence-corrected chi connectivity index (χ4v) is 2.95. The lowest BCUT2D eigenvalue weighted by Crippen LogP contribution is -2.50. The molecule has 4 nitrogen and oxygen atoms in total. The Bertz CT molecular complexity index is 631. The van der Waals surface area contributed by atoms with Crippen molar-refractivity contribution >= 4 is 11.8 Å². The van der Waals surface area contributed by atoms with E-state index in [1.54, 1.807) is 0 Å². The average molecular weight is 308 g/mol. The highest BCUT2D eigenvalue weighted by atomic mass is 16.2. The molecule has 3 rings (SSSR count). The fraction of sp³-hybridized carbons (Fsp3) is 0.263. The molecule has 1 N–H and O–H groups in total. The van der Waals surface area contributed by atoms with Crippen LogP contribution in [0.2, 0.25) is 0 Å². The summed E-state index contributed by atoms with van der Waals surface area (Å²) in [6, 6.07) is 20.0. The lowest BCUT2D eigenvalue weighted by molar-refractivity contribution is -0.145. The van der Waals surface area contributed by atoms with Crippen molar-refractivity contribution in [3.8, 4) is 0 Å². The van der Waals surface area contributed by atoms with Gasteiger partial charge in [-0.2, -0.15) is 0 Å². The average Bonchev–Trinajstić information content (AvgIpc) is 2.61. The van der Waals surface area contributed by atoms with Crippen molar-refractivity contribution in [2.24, 2.45) is 0 Å². The van der Waals surface area contributed by atoms with Gasteiger partial charge in [0, 0.05) is 25.4 Å². The van der Waals surface area contributed by atoms with Gasteiger partial charge < -0.3 is 5.32 Å². The van der Waals surface area contributed by atoms with Gasteiger partial charge in [-0.25, -0.2) is 0 Å². The Morgan fingerprint density at radius 2 is 1.57 bits per heavy atom. The molecule has 1 fully saturated rings. The second kappa shape index (κ2) is 7.20. The van der Waals surface area contributed by atoms with E-state index in [-0.39, 0.29) is 24.3 Å². The molecule has 0 saturated carbocycles. The number of piperazine rings is 1. The van der Waals surface area contributed by atoms with Crippen LogP contribution in [0.3, 0.4) is 0 Å². The van der Waals surface area contributed by atoms with E-state index in [1.807, 2.05) is 60.7 Å². The quantitative estimate of drug-likeness (QED) is 0.942. The molecule has 1 aliphatic rings. The second-order valence-electron chi connectivity index (χ2n) is 5.69. The number of nitrogens with zero attached hydrogens (tertiary/aromatic N) is 1. The fourth-order valence-electron chi connectivity index (χ4n) is 2.95. The molecule has 0 bridgehead atoms. The smallest absolute Gasteiger partial charge is 0.243 e. The molecule has 0 atom stereocenters. The number of carbonyl (C=O) groups is 2. The molecule has 1 heterocycles. The molecule has 2 aromatic rings. The highest BCUT2D eigenvalue weighted by Crippen LogP contribution is 2.28. The summed E-state index contributed by atoms with van der Waals surface area (Å²) < 4.78 is 0. The highest BCUT2D eigenvalue weighted by molar-refractivity contribution is 5.97. The number of imide groups is 1. The Morgan fingerprint density at radius 3 is 2.09 bits per heavy atom. The van der Waals surface area contributed by atoms with E-state index in [0.717, 1.165) is 11.1 Å². The standard InChI is InChI=1S/C19H20N2O2/c22-18(21-12-11-20-14-19(21)23)13-17(15-7-3-1-4-8-15)16-9-5-2-6-10-16/h1-10,17,20H,11-14H2. The van der Waals surface area contributed by atoms with E-state index in [1.165, 1.54) is 4.90 Å². The first-order valence-electron chi connectivity index (χ1n) is 7.89. The zero-order chi connectivity index (χ0) is 16.1. The molecule has 1 aliphatic heterocycles. The lowest BCUT2D eigenvalue weighted by Gasteiger charge is -2.27. The summed E-state index contributed by atoms with van der Waals surface area (Å²) in [6.45, 7) is 1.36. The Labute approximate surface area is 136 Å². The number of nitrogens with one attached hydrogen (secondary N) is 1. The normalized spacial score (nSPS) is 15.0. The number of hydrogen-bond donors (Lipinski definition) is 1. The van der Waals surface area contributed by atoms with Gasteiger partial charge in [0.25, 0.3) is 0 Å². The maximum Gasteiger partial charge on any atom is 0.243 e. The van der Waals surface area contributed by atoms with Crippen molar-refractivity contribution < 1.29 is 9.59 Å². The summed E-state index contributed by atoms with van der Waals surface area (Å²) in [5.41, 5.74) is 2.18. The largest absolute Gasteiger partial charge is 0.307 e. The first-order valence-corrected chi connectivity index (χ1v) is 7.89. The number of hydrogen-bond acceptors (Lipinski definition) is 3. The van der Waals surface area contributed by atoms with E-state index in [2.05, 4.69) is 5.32 Å². The van der Waals surface area contributed by atoms with Crippen molar-refractivity contribution in [1.29, 1.82) is 0 Å². The summed E-state index contributed by atoms with van der Waals surface area (Å²) >= 11 is 0. The van der Waals surface area contributed by atoms with E-state index in [9.17, 15) is 9.59 Å². The van der Waals surface area contributed by atoms with Gasteiger partial charge in [0.05, 0.1) is 6.54 Å². The number of carbonyl (C=O) groups excluding carboxylic acids is 2. The van der Waals surface area contributed by atoms with E-state index in [0.29, 0.717) is 19.5 Å². The van der Waals surface area contributed by atoms with Crippen molar-refractivity contribution in [2.75, 3.05) is 19.6 Å². The Kier molecular flexibility index (Phi) is 4.83. The van der Waals surface area contributed by atoms with Gasteiger partial charge in [0.15, 0.2) is 0 Å². The predicted octanol–water partition coefficient (Wildman–Crippen LogP) is 2.17. The minimum absolute atomic E-state index is 0.0346.